The molecule has 4 heterocycles. The molecule has 0 radical (unpaired) electrons. The van der Waals surface area contributed by atoms with E-state index in [0.717, 1.165) is 80.4 Å². The fourth-order valence-electron chi connectivity index (χ4n) is 6.15. The fourth-order valence-corrected chi connectivity index (χ4v) is 6.15. The predicted molar refractivity (Wildman–Crippen MR) is 146 cm³/mol. The average Bonchev–Trinajstić information content (AvgIpc) is 3.53. The molecule has 3 aliphatic rings. The van der Waals surface area contributed by atoms with Crippen molar-refractivity contribution < 1.29 is 38.1 Å². The lowest BCUT2D eigenvalue weighted by atomic mass is 9.88. The van der Waals surface area contributed by atoms with Gasteiger partial charge in [-0.1, -0.05) is 6.92 Å². The lowest BCUT2D eigenvalue weighted by molar-refractivity contribution is -0.203. The Balaban J connectivity index is 1.55. The van der Waals surface area contributed by atoms with E-state index < -0.39 is 36.4 Å². The van der Waals surface area contributed by atoms with Crippen LogP contribution in [0, 0.1) is 0 Å². The standard InChI is InChI=1S/C29H38N4O8/c1-6-12-33-13-11-18(15-33)24-23-19-9-7-8-10-20(19)27(30-26(23)32(4)31-24)41-29-25(39-17(3)35)21(38-16(2)34)14-22(40-29)28(36)37-5/h14,18,21,25,29H,6-13,15H2,1-5H3/t18?,21-,25+,29-/m0/s1. The first kappa shape index (κ1) is 28.8. The maximum absolute atomic E-state index is 12.4. The molecule has 0 saturated carbocycles. The van der Waals surface area contributed by atoms with Crippen LogP contribution in [0.5, 0.6) is 5.88 Å². The zero-order valence-corrected chi connectivity index (χ0v) is 24.3. The van der Waals surface area contributed by atoms with E-state index in [1.165, 1.54) is 27.0 Å². The number of carbonyl (C=O) groups is 3. The second-order valence-corrected chi connectivity index (χ2v) is 10.8. The topological polar surface area (TPSA) is 131 Å². The predicted octanol–water partition coefficient (Wildman–Crippen LogP) is 2.70. The van der Waals surface area contributed by atoms with Gasteiger partial charge in [-0.3, -0.25) is 14.3 Å². The van der Waals surface area contributed by atoms with Gasteiger partial charge in [0.1, 0.15) is 0 Å². The minimum Gasteiger partial charge on any atom is -0.463 e. The van der Waals surface area contributed by atoms with E-state index in [2.05, 4.69) is 11.8 Å². The van der Waals surface area contributed by atoms with Crippen LogP contribution >= 0.6 is 0 Å². The van der Waals surface area contributed by atoms with Gasteiger partial charge in [0.15, 0.2) is 11.8 Å². The third-order valence-corrected chi connectivity index (χ3v) is 7.85. The summed E-state index contributed by atoms with van der Waals surface area (Å²) >= 11 is 0. The highest BCUT2D eigenvalue weighted by molar-refractivity contribution is 5.87. The summed E-state index contributed by atoms with van der Waals surface area (Å²) in [4.78, 5) is 43.8. The molecule has 12 heteroatoms. The highest BCUT2D eigenvalue weighted by Crippen LogP contribution is 2.40. The molecular formula is C29H38N4O8. The van der Waals surface area contributed by atoms with E-state index in [1.54, 1.807) is 4.68 Å². The maximum Gasteiger partial charge on any atom is 0.373 e. The molecule has 0 amide bonds. The number of methoxy groups -OCH3 is 1. The van der Waals surface area contributed by atoms with Gasteiger partial charge in [-0.25, -0.2) is 4.79 Å². The van der Waals surface area contributed by atoms with Crippen LogP contribution in [-0.2, 0) is 53.2 Å². The molecule has 1 saturated heterocycles. The summed E-state index contributed by atoms with van der Waals surface area (Å²) < 4.78 is 29.7. The molecule has 0 spiro atoms. The van der Waals surface area contributed by atoms with Crippen molar-refractivity contribution >= 4 is 28.9 Å². The number of esters is 3. The second kappa shape index (κ2) is 12.1. The van der Waals surface area contributed by atoms with Crippen LogP contribution < -0.4 is 4.74 Å². The molecule has 1 unspecified atom stereocenters. The number of rotatable bonds is 8. The summed E-state index contributed by atoms with van der Waals surface area (Å²) in [6.07, 6.45) is 3.37. The zero-order valence-electron chi connectivity index (χ0n) is 24.3. The van der Waals surface area contributed by atoms with Crippen LogP contribution in [0.2, 0.25) is 0 Å². The van der Waals surface area contributed by atoms with Gasteiger partial charge in [0.25, 0.3) is 6.29 Å². The van der Waals surface area contributed by atoms with E-state index in [1.807, 2.05) is 7.05 Å². The number of pyridine rings is 1. The third-order valence-electron chi connectivity index (χ3n) is 7.85. The second-order valence-electron chi connectivity index (χ2n) is 10.8. The van der Waals surface area contributed by atoms with Crippen molar-refractivity contribution in [3.63, 3.8) is 0 Å². The Morgan fingerprint density at radius 2 is 1.83 bits per heavy atom. The van der Waals surface area contributed by atoms with Gasteiger partial charge >= 0.3 is 17.9 Å². The third kappa shape index (κ3) is 5.88. The number of fused-ring (bicyclic) bond motifs is 3. The number of carbonyl (C=O) groups excluding carboxylic acids is 3. The van der Waals surface area contributed by atoms with Gasteiger partial charge in [0.05, 0.1) is 12.8 Å². The normalized spacial score (nSPS) is 24.3. The Bertz CT molecular complexity index is 1370. The average molecular weight is 571 g/mol. The van der Waals surface area contributed by atoms with Crippen molar-refractivity contribution in [1.82, 2.24) is 19.7 Å². The monoisotopic (exact) mass is 570 g/mol. The molecule has 0 N–H and O–H groups in total. The number of hydrogen-bond acceptors (Lipinski definition) is 11. The smallest absolute Gasteiger partial charge is 0.373 e. The van der Waals surface area contributed by atoms with Crippen LogP contribution in [-0.4, -0.2) is 82.8 Å². The molecule has 4 atom stereocenters. The van der Waals surface area contributed by atoms with Crippen LogP contribution in [0.25, 0.3) is 11.0 Å². The Morgan fingerprint density at radius 3 is 2.51 bits per heavy atom. The Hall–Kier alpha value is -3.67. The summed E-state index contributed by atoms with van der Waals surface area (Å²) in [5.74, 6) is -1.62. The summed E-state index contributed by atoms with van der Waals surface area (Å²) in [6, 6.07) is 0. The number of aromatic nitrogens is 3. The fraction of sp³-hybridized carbons (Fsp3) is 0.621. The highest BCUT2D eigenvalue weighted by atomic mass is 16.7. The highest BCUT2D eigenvalue weighted by Gasteiger charge is 2.44. The zero-order chi connectivity index (χ0) is 29.3. The molecule has 12 nitrogen and oxygen atoms in total. The van der Waals surface area contributed by atoms with Gasteiger partial charge in [0, 0.05) is 50.4 Å². The molecule has 2 aromatic rings. The van der Waals surface area contributed by atoms with Crippen molar-refractivity contribution in [2.45, 2.75) is 83.7 Å². The number of nitrogens with zero attached hydrogens (tertiary/aromatic N) is 4. The Morgan fingerprint density at radius 1 is 1.10 bits per heavy atom. The van der Waals surface area contributed by atoms with Gasteiger partial charge in [-0.05, 0) is 57.2 Å². The lowest BCUT2D eigenvalue weighted by Crippen LogP contribution is -2.50. The molecule has 0 bridgehead atoms. The van der Waals surface area contributed by atoms with Gasteiger partial charge < -0.3 is 28.6 Å². The minimum atomic E-state index is -1.33. The lowest BCUT2D eigenvalue weighted by Gasteiger charge is -2.35. The van der Waals surface area contributed by atoms with Crippen molar-refractivity contribution in [2.75, 3.05) is 26.7 Å². The Labute approximate surface area is 238 Å². The molecule has 222 valence electrons. The van der Waals surface area contributed by atoms with Gasteiger partial charge in [-0.2, -0.15) is 10.1 Å². The van der Waals surface area contributed by atoms with E-state index in [-0.39, 0.29) is 5.76 Å². The van der Waals surface area contributed by atoms with Crippen LogP contribution in [0.15, 0.2) is 11.8 Å². The number of aryl methyl sites for hydroxylation is 2. The maximum atomic E-state index is 12.4. The largest absolute Gasteiger partial charge is 0.463 e. The number of likely N-dealkylation sites (tertiary alicyclic amines) is 1. The molecule has 5 rings (SSSR count). The van der Waals surface area contributed by atoms with Gasteiger partial charge in [-0.15, -0.1) is 0 Å². The molecule has 2 aromatic heterocycles. The minimum absolute atomic E-state index is 0.220. The molecule has 1 fully saturated rings. The summed E-state index contributed by atoms with van der Waals surface area (Å²) in [5.41, 5.74) is 3.89. The SMILES string of the molecule is CCCN1CCC(c2nn(C)c3nc(O[C@@H]4OC(C(=O)OC)=C[C@H](OC(C)=O)[C@H]4OC(C)=O)c4c(c23)CCCC4)C1. The van der Waals surface area contributed by atoms with Gasteiger partial charge in [0.2, 0.25) is 17.7 Å². The molecule has 2 aliphatic heterocycles. The van der Waals surface area contributed by atoms with Crippen molar-refractivity contribution in [3.05, 3.63) is 28.7 Å². The van der Waals surface area contributed by atoms with Crippen LogP contribution in [0.4, 0.5) is 0 Å². The van der Waals surface area contributed by atoms with Crippen molar-refractivity contribution in [3.8, 4) is 5.88 Å². The summed E-state index contributed by atoms with van der Waals surface area (Å²) in [7, 11) is 3.09. The summed E-state index contributed by atoms with van der Waals surface area (Å²) in [6.45, 7) is 7.77. The number of hydrogen-bond donors (Lipinski definition) is 0. The Kier molecular flexibility index (Phi) is 8.48. The van der Waals surface area contributed by atoms with E-state index in [4.69, 9.17) is 33.8 Å². The first-order chi connectivity index (χ1) is 19.7. The van der Waals surface area contributed by atoms with E-state index in [9.17, 15) is 14.4 Å². The molecule has 41 heavy (non-hydrogen) atoms. The van der Waals surface area contributed by atoms with Crippen LogP contribution in [0.3, 0.4) is 0 Å². The van der Waals surface area contributed by atoms with Crippen LogP contribution in [0.1, 0.15) is 69.2 Å². The first-order valence-electron chi connectivity index (χ1n) is 14.3. The molecule has 0 aromatic carbocycles. The van der Waals surface area contributed by atoms with Crippen molar-refractivity contribution in [2.24, 2.45) is 7.05 Å². The van der Waals surface area contributed by atoms with E-state index >= 15 is 0 Å². The van der Waals surface area contributed by atoms with E-state index in [0.29, 0.717) is 17.4 Å². The molecular weight excluding hydrogens is 532 g/mol. The summed E-state index contributed by atoms with van der Waals surface area (Å²) in [5, 5.41) is 6.04. The first-order valence-corrected chi connectivity index (χ1v) is 14.3. The quantitative estimate of drug-likeness (QED) is 0.343. The van der Waals surface area contributed by atoms with Crippen molar-refractivity contribution in [1.29, 1.82) is 0 Å². The molecule has 1 aliphatic carbocycles. The number of ether oxygens (including phenoxy) is 5.